The molecule has 34 heavy (non-hydrogen) atoms. The maximum atomic E-state index is 14.4. The van der Waals surface area contributed by atoms with E-state index in [2.05, 4.69) is 10.3 Å². The summed E-state index contributed by atoms with van der Waals surface area (Å²) in [5, 5.41) is 23.8. The summed E-state index contributed by atoms with van der Waals surface area (Å²) in [6.45, 7) is 0.864. The number of pyridine rings is 2. The van der Waals surface area contributed by atoms with Crippen molar-refractivity contribution in [2.75, 3.05) is 6.61 Å². The average molecular weight is 465 g/mol. The van der Waals surface area contributed by atoms with Crippen molar-refractivity contribution >= 4 is 22.8 Å². The third kappa shape index (κ3) is 2.60. The van der Waals surface area contributed by atoms with E-state index in [1.54, 1.807) is 13.0 Å². The standard InChI is InChI=1S/C24H20FN3O6/c1-2-24(33)14-6-17-21-12(7-28(17)22(31)13(14)9-34-23(24)32)20-15(26-18(30)8-29)4-10-3-11(25)5-16(27-21)19(10)20/h3,5-6,15,29,33H,2,4,7-9H2,1H3,(H,26,30)/t15?,24-/m0/s1. The molecule has 6 rings (SSSR count). The van der Waals surface area contributed by atoms with Crippen LogP contribution >= 0.6 is 0 Å². The quantitative estimate of drug-likeness (QED) is 0.384. The minimum Gasteiger partial charge on any atom is -0.458 e. The molecule has 0 radical (unpaired) electrons. The molecule has 2 aliphatic heterocycles. The van der Waals surface area contributed by atoms with Gasteiger partial charge in [0.2, 0.25) is 5.91 Å². The van der Waals surface area contributed by atoms with Gasteiger partial charge in [-0.15, -0.1) is 0 Å². The minimum absolute atomic E-state index is 0.0226. The molecule has 2 aromatic heterocycles. The second kappa shape index (κ2) is 6.94. The van der Waals surface area contributed by atoms with E-state index >= 15 is 0 Å². The number of carbonyl (C=O) groups excluding carboxylic acids is 2. The van der Waals surface area contributed by atoms with Gasteiger partial charge in [-0.05, 0) is 36.1 Å². The van der Waals surface area contributed by atoms with Gasteiger partial charge in [-0.3, -0.25) is 9.59 Å². The first-order valence-electron chi connectivity index (χ1n) is 11.0. The second-order valence-corrected chi connectivity index (χ2v) is 8.90. The molecular weight excluding hydrogens is 445 g/mol. The number of hydrogen-bond acceptors (Lipinski definition) is 7. The fourth-order valence-electron chi connectivity index (χ4n) is 5.53. The van der Waals surface area contributed by atoms with Crippen LogP contribution in [-0.2, 0) is 39.5 Å². The van der Waals surface area contributed by atoms with Crippen molar-refractivity contribution in [3.8, 4) is 11.4 Å². The van der Waals surface area contributed by atoms with E-state index in [1.807, 2.05) is 0 Å². The van der Waals surface area contributed by atoms with Gasteiger partial charge in [0.25, 0.3) is 5.56 Å². The van der Waals surface area contributed by atoms with Crippen molar-refractivity contribution in [2.45, 2.75) is 44.6 Å². The van der Waals surface area contributed by atoms with Crippen LogP contribution < -0.4 is 10.9 Å². The number of rotatable bonds is 3. The number of nitrogens with one attached hydrogen (secondary N) is 1. The van der Waals surface area contributed by atoms with Gasteiger partial charge in [0, 0.05) is 22.6 Å². The highest BCUT2D eigenvalue weighted by Crippen LogP contribution is 2.45. The molecule has 1 aromatic carbocycles. The first-order chi connectivity index (χ1) is 16.3. The number of aromatic nitrogens is 2. The SMILES string of the molecule is CC[C@@]1(O)C(=O)OCc2c1cc1n(c2=O)Cc2c-1nc1cc(F)cc3c1c2C(NC(=O)CO)C3. The molecule has 0 saturated carbocycles. The minimum atomic E-state index is -1.95. The Morgan fingerprint density at radius 3 is 2.85 bits per heavy atom. The van der Waals surface area contributed by atoms with Gasteiger partial charge in [0.05, 0.1) is 35.1 Å². The molecule has 0 bridgehead atoms. The number of amides is 1. The fraction of sp³-hybridized carbons (Fsp3) is 0.333. The molecular formula is C24H20FN3O6. The molecule has 1 unspecified atom stereocenters. The Kier molecular flexibility index (Phi) is 4.27. The summed E-state index contributed by atoms with van der Waals surface area (Å²) in [5.74, 6) is -1.85. The van der Waals surface area contributed by atoms with E-state index in [0.717, 1.165) is 10.9 Å². The Labute approximate surface area is 191 Å². The van der Waals surface area contributed by atoms with Crippen LogP contribution in [-0.4, -0.2) is 38.2 Å². The van der Waals surface area contributed by atoms with Crippen LogP contribution in [0, 0.1) is 5.82 Å². The number of halogens is 1. The van der Waals surface area contributed by atoms with Crippen molar-refractivity contribution in [1.29, 1.82) is 0 Å². The van der Waals surface area contributed by atoms with Gasteiger partial charge in [0.1, 0.15) is 19.0 Å². The smallest absolute Gasteiger partial charge is 0.343 e. The Morgan fingerprint density at radius 2 is 2.12 bits per heavy atom. The molecule has 0 fully saturated rings. The zero-order valence-corrected chi connectivity index (χ0v) is 18.1. The zero-order valence-electron chi connectivity index (χ0n) is 18.1. The number of aliphatic hydroxyl groups excluding tert-OH is 1. The summed E-state index contributed by atoms with van der Waals surface area (Å²) in [7, 11) is 0. The monoisotopic (exact) mass is 465 g/mol. The summed E-state index contributed by atoms with van der Waals surface area (Å²) < 4.78 is 21.0. The Morgan fingerprint density at radius 1 is 1.32 bits per heavy atom. The van der Waals surface area contributed by atoms with E-state index in [9.17, 15) is 29.0 Å². The molecule has 0 saturated heterocycles. The van der Waals surface area contributed by atoms with Crippen molar-refractivity contribution in [3.63, 3.8) is 0 Å². The maximum Gasteiger partial charge on any atom is 0.343 e. The van der Waals surface area contributed by atoms with Crippen molar-refractivity contribution in [1.82, 2.24) is 14.9 Å². The highest BCUT2D eigenvalue weighted by atomic mass is 19.1. The number of benzene rings is 1. The molecule has 3 aliphatic rings. The summed E-state index contributed by atoms with van der Waals surface area (Å²) >= 11 is 0. The summed E-state index contributed by atoms with van der Waals surface area (Å²) in [4.78, 5) is 42.5. The maximum absolute atomic E-state index is 14.4. The van der Waals surface area contributed by atoms with E-state index in [-0.39, 0.29) is 30.7 Å². The third-order valence-corrected chi connectivity index (χ3v) is 7.13. The average Bonchev–Trinajstić information content (AvgIpc) is 3.35. The van der Waals surface area contributed by atoms with Crippen molar-refractivity contribution in [3.05, 3.63) is 62.2 Å². The predicted molar refractivity (Wildman–Crippen MR) is 116 cm³/mol. The number of carbonyl (C=O) groups is 2. The number of fused-ring (bicyclic) bond motifs is 5. The first-order valence-corrected chi connectivity index (χ1v) is 11.0. The third-order valence-electron chi connectivity index (χ3n) is 7.13. The Balaban J connectivity index is 1.63. The lowest BCUT2D eigenvalue weighted by Gasteiger charge is -2.31. The van der Waals surface area contributed by atoms with E-state index in [1.165, 1.54) is 16.7 Å². The number of aliphatic hydroxyl groups is 2. The van der Waals surface area contributed by atoms with Crippen LogP contribution in [0.25, 0.3) is 22.3 Å². The summed E-state index contributed by atoms with van der Waals surface area (Å²) in [5.41, 5.74) is 1.39. The number of nitrogens with zero attached hydrogens (tertiary/aromatic N) is 2. The van der Waals surface area contributed by atoms with Crippen LogP contribution in [0.3, 0.4) is 0 Å². The van der Waals surface area contributed by atoms with Crippen LogP contribution in [0.1, 0.15) is 47.2 Å². The van der Waals surface area contributed by atoms with E-state index in [4.69, 9.17) is 4.74 Å². The lowest BCUT2D eigenvalue weighted by atomic mass is 9.86. The molecule has 9 nitrogen and oxygen atoms in total. The molecule has 3 aromatic rings. The number of esters is 1. The Hall–Kier alpha value is -3.63. The largest absolute Gasteiger partial charge is 0.458 e. The van der Waals surface area contributed by atoms with Crippen LogP contribution in [0.2, 0.25) is 0 Å². The van der Waals surface area contributed by atoms with Crippen LogP contribution in [0.15, 0.2) is 23.0 Å². The van der Waals surface area contributed by atoms with Gasteiger partial charge in [-0.25, -0.2) is 14.2 Å². The summed E-state index contributed by atoms with van der Waals surface area (Å²) in [6, 6.07) is 3.78. The van der Waals surface area contributed by atoms with Crippen molar-refractivity contribution < 1.29 is 28.9 Å². The molecule has 2 atom stereocenters. The first kappa shape index (κ1) is 20.9. The number of hydrogen-bond donors (Lipinski definition) is 3. The second-order valence-electron chi connectivity index (χ2n) is 8.90. The highest BCUT2D eigenvalue weighted by molar-refractivity contribution is 5.94. The molecule has 10 heteroatoms. The van der Waals surface area contributed by atoms with Gasteiger partial charge in [0.15, 0.2) is 5.60 Å². The molecule has 3 N–H and O–H groups in total. The Bertz CT molecular complexity index is 1510. The topological polar surface area (TPSA) is 131 Å². The molecule has 174 valence electrons. The van der Waals surface area contributed by atoms with E-state index < -0.39 is 41.5 Å². The zero-order chi connectivity index (χ0) is 23.9. The molecule has 1 aliphatic carbocycles. The molecule has 1 amide bonds. The number of cyclic esters (lactones) is 1. The molecule has 0 spiro atoms. The highest BCUT2D eigenvalue weighted by Gasteiger charge is 2.46. The normalized spacial score (nSPS) is 21.8. The number of ether oxygens (including phenoxy) is 1. The van der Waals surface area contributed by atoms with Crippen LogP contribution in [0.5, 0.6) is 0 Å². The fourth-order valence-corrected chi connectivity index (χ4v) is 5.53. The predicted octanol–water partition coefficient (Wildman–Crippen LogP) is 0.924. The van der Waals surface area contributed by atoms with Gasteiger partial charge in [-0.1, -0.05) is 6.92 Å². The van der Waals surface area contributed by atoms with Crippen LogP contribution in [0.4, 0.5) is 4.39 Å². The van der Waals surface area contributed by atoms with Gasteiger partial charge in [-0.2, -0.15) is 0 Å². The van der Waals surface area contributed by atoms with E-state index in [0.29, 0.717) is 34.5 Å². The van der Waals surface area contributed by atoms with Gasteiger partial charge < -0.3 is 24.8 Å². The van der Waals surface area contributed by atoms with Crippen molar-refractivity contribution in [2.24, 2.45) is 0 Å². The molecule has 4 heterocycles. The summed E-state index contributed by atoms with van der Waals surface area (Å²) in [6.07, 6.45) is 0.349. The van der Waals surface area contributed by atoms with Gasteiger partial charge >= 0.3 is 5.97 Å². The lowest BCUT2D eigenvalue weighted by molar-refractivity contribution is -0.172. The lowest BCUT2D eigenvalue weighted by Crippen LogP contribution is -2.44.